The van der Waals surface area contributed by atoms with E-state index in [1.807, 2.05) is 42.5 Å². The van der Waals surface area contributed by atoms with Crippen LogP contribution < -0.4 is 0 Å². The zero-order chi connectivity index (χ0) is 9.10. The molecule has 1 unspecified atom stereocenters. The van der Waals surface area contributed by atoms with Crippen molar-refractivity contribution in [2.75, 3.05) is 0 Å². The molecule has 2 rings (SSSR count). The van der Waals surface area contributed by atoms with Gasteiger partial charge in [0.2, 0.25) is 0 Å². The Morgan fingerprint density at radius 3 is 2.69 bits per heavy atom. The van der Waals surface area contributed by atoms with E-state index in [2.05, 4.69) is 6.07 Å². The predicted molar refractivity (Wildman–Crippen MR) is 49.8 cm³/mol. The van der Waals surface area contributed by atoms with Crippen molar-refractivity contribution >= 4 is 6.08 Å². The average Bonchev–Trinajstić information content (AvgIpc) is 2.95. The van der Waals surface area contributed by atoms with E-state index in [4.69, 9.17) is 10.00 Å². The molecule has 0 N–H and O–H groups in total. The lowest BCUT2D eigenvalue weighted by atomic mass is 10.2. The van der Waals surface area contributed by atoms with Gasteiger partial charge in [-0.25, -0.2) is 0 Å². The van der Waals surface area contributed by atoms with Crippen molar-refractivity contribution in [1.82, 2.24) is 0 Å². The van der Waals surface area contributed by atoms with E-state index in [9.17, 15) is 0 Å². The van der Waals surface area contributed by atoms with Crippen LogP contribution in [0.1, 0.15) is 5.56 Å². The predicted octanol–water partition coefficient (Wildman–Crippen LogP) is 1.99. The Kier molecular flexibility index (Phi) is 2.11. The van der Waals surface area contributed by atoms with Crippen molar-refractivity contribution in [3.05, 3.63) is 42.0 Å². The van der Waals surface area contributed by atoms with Crippen molar-refractivity contribution in [2.45, 2.75) is 12.2 Å². The topological polar surface area (TPSA) is 36.3 Å². The van der Waals surface area contributed by atoms with Crippen LogP contribution in [0.25, 0.3) is 6.08 Å². The highest BCUT2D eigenvalue weighted by Crippen LogP contribution is 2.22. The molecule has 0 saturated carbocycles. The van der Waals surface area contributed by atoms with Gasteiger partial charge >= 0.3 is 0 Å². The molecule has 1 aliphatic rings. The van der Waals surface area contributed by atoms with Crippen molar-refractivity contribution in [1.29, 1.82) is 5.26 Å². The molecule has 0 aromatic heterocycles. The standard InChI is InChI=1S/C11H9NO/c12-8-11-10(13-11)7-6-9-4-2-1-3-5-9/h1-7,10-11H/b7-6+/t10-,11?/m1/s1. The molecule has 0 aliphatic carbocycles. The van der Waals surface area contributed by atoms with Crippen LogP contribution in [0.3, 0.4) is 0 Å². The van der Waals surface area contributed by atoms with E-state index in [1.165, 1.54) is 0 Å². The Morgan fingerprint density at radius 1 is 1.31 bits per heavy atom. The van der Waals surface area contributed by atoms with Crippen LogP contribution in [0.15, 0.2) is 36.4 Å². The van der Waals surface area contributed by atoms with Gasteiger partial charge in [0.05, 0.1) is 6.07 Å². The average molecular weight is 171 g/mol. The Labute approximate surface area is 77.1 Å². The van der Waals surface area contributed by atoms with Crippen LogP contribution >= 0.6 is 0 Å². The van der Waals surface area contributed by atoms with E-state index in [0.717, 1.165) is 5.56 Å². The molecule has 0 spiro atoms. The number of hydrogen-bond acceptors (Lipinski definition) is 2. The summed E-state index contributed by atoms with van der Waals surface area (Å²) in [4.78, 5) is 0. The van der Waals surface area contributed by atoms with Crippen LogP contribution in [-0.2, 0) is 4.74 Å². The molecule has 2 atom stereocenters. The summed E-state index contributed by atoms with van der Waals surface area (Å²) in [5, 5.41) is 8.46. The highest BCUT2D eigenvalue weighted by Gasteiger charge is 2.36. The van der Waals surface area contributed by atoms with Gasteiger partial charge in [0.25, 0.3) is 0 Å². The van der Waals surface area contributed by atoms with Crippen molar-refractivity contribution in [3.8, 4) is 6.07 Å². The fraction of sp³-hybridized carbons (Fsp3) is 0.182. The summed E-state index contributed by atoms with van der Waals surface area (Å²) in [6, 6.07) is 12.0. The number of epoxide rings is 1. The lowest BCUT2D eigenvalue weighted by molar-refractivity contribution is 0.416. The maximum atomic E-state index is 8.46. The third kappa shape index (κ3) is 1.95. The van der Waals surface area contributed by atoms with Gasteiger partial charge < -0.3 is 4.74 Å². The molecule has 13 heavy (non-hydrogen) atoms. The van der Waals surface area contributed by atoms with Crippen LogP contribution in [0.5, 0.6) is 0 Å². The van der Waals surface area contributed by atoms with Gasteiger partial charge in [-0.1, -0.05) is 42.5 Å². The molecule has 1 aromatic rings. The van der Waals surface area contributed by atoms with Gasteiger partial charge in [0.1, 0.15) is 6.10 Å². The number of nitriles is 1. The van der Waals surface area contributed by atoms with Gasteiger partial charge in [0, 0.05) is 0 Å². The molecule has 0 bridgehead atoms. The number of hydrogen-bond donors (Lipinski definition) is 0. The molecular weight excluding hydrogens is 162 g/mol. The van der Waals surface area contributed by atoms with Crippen molar-refractivity contribution in [2.24, 2.45) is 0 Å². The molecule has 2 nitrogen and oxygen atoms in total. The van der Waals surface area contributed by atoms with Gasteiger partial charge in [-0.3, -0.25) is 0 Å². The molecule has 1 heterocycles. The van der Waals surface area contributed by atoms with E-state index in [0.29, 0.717) is 0 Å². The van der Waals surface area contributed by atoms with E-state index < -0.39 is 0 Å². The Bertz CT molecular complexity index is 350. The first-order valence-electron chi connectivity index (χ1n) is 4.18. The van der Waals surface area contributed by atoms with E-state index in [1.54, 1.807) is 0 Å². The highest BCUT2D eigenvalue weighted by atomic mass is 16.6. The minimum atomic E-state index is -0.222. The highest BCUT2D eigenvalue weighted by molar-refractivity contribution is 5.50. The van der Waals surface area contributed by atoms with E-state index in [-0.39, 0.29) is 12.2 Å². The molecule has 64 valence electrons. The smallest absolute Gasteiger partial charge is 0.174 e. The Morgan fingerprint density at radius 2 is 2.08 bits per heavy atom. The molecule has 1 aliphatic heterocycles. The minimum Gasteiger partial charge on any atom is -0.349 e. The summed E-state index contributed by atoms with van der Waals surface area (Å²) < 4.78 is 5.04. The van der Waals surface area contributed by atoms with Gasteiger partial charge in [-0.05, 0) is 5.56 Å². The first-order chi connectivity index (χ1) is 6.40. The SMILES string of the molecule is N#CC1O[C@@H]1/C=C/c1ccccc1. The summed E-state index contributed by atoms with van der Waals surface area (Å²) in [6.45, 7) is 0. The zero-order valence-corrected chi connectivity index (χ0v) is 7.05. The van der Waals surface area contributed by atoms with Gasteiger partial charge in [-0.15, -0.1) is 0 Å². The van der Waals surface area contributed by atoms with Gasteiger partial charge in [0.15, 0.2) is 6.10 Å². The van der Waals surface area contributed by atoms with Crippen LogP contribution in [0.2, 0.25) is 0 Å². The maximum absolute atomic E-state index is 8.46. The summed E-state index contributed by atoms with van der Waals surface area (Å²) in [6.07, 6.45) is 3.68. The van der Waals surface area contributed by atoms with Gasteiger partial charge in [-0.2, -0.15) is 5.26 Å². The Balaban J connectivity index is 1.97. The molecule has 0 radical (unpaired) electrons. The molecular formula is C11H9NO. The first kappa shape index (κ1) is 8.03. The molecule has 2 heteroatoms. The zero-order valence-electron chi connectivity index (χ0n) is 7.05. The van der Waals surface area contributed by atoms with Crippen molar-refractivity contribution in [3.63, 3.8) is 0 Å². The maximum Gasteiger partial charge on any atom is 0.174 e. The normalized spacial score (nSPS) is 25.8. The number of rotatable bonds is 2. The fourth-order valence-corrected chi connectivity index (χ4v) is 1.14. The first-order valence-corrected chi connectivity index (χ1v) is 4.18. The lowest BCUT2D eigenvalue weighted by Crippen LogP contribution is -1.83. The fourth-order valence-electron chi connectivity index (χ4n) is 1.14. The van der Waals surface area contributed by atoms with Crippen LogP contribution in [-0.4, -0.2) is 12.2 Å². The number of benzene rings is 1. The molecule has 1 aromatic carbocycles. The van der Waals surface area contributed by atoms with Crippen LogP contribution in [0, 0.1) is 11.3 Å². The molecule has 0 amide bonds. The minimum absolute atomic E-state index is 0.00482. The summed E-state index contributed by atoms with van der Waals surface area (Å²) >= 11 is 0. The quantitative estimate of drug-likeness (QED) is 0.638. The van der Waals surface area contributed by atoms with E-state index >= 15 is 0 Å². The number of nitrogens with zero attached hydrogens (tertiary/aromatic N) is 1. The monoisotopic (exact) mass is 171 g/mol. The third-order valence-electron chi connectivity index (χ3n) is 1.93. The third-order valence-corrected chi connectivity index (χ3v) is 1.93. The summed E-state index contributed by atoms with van der Waals surface area (Å²) in [5.74, 6) is 0. The molecule has 1 saturated heterocycles. The van der Waals surface area contributed by atoms with Crippen molar-refractivity contribution < 1.29 is 4.74 Å². The summed E-state index contributed by atoms with van der Waals surface area (Å²) in [7, 11) is 0. The second-order valence-electron chi connectivity index (χ2n) is 2.92. The molecule has 1 fully saturated rings. The second-order valence-corrected chi connectivity index (χ2v) is 2.92. The summed E-state index contributed by atoms with van der Waals surface area (Å²) in [5.41, 5.74) is 1.13. The van der Waals surface area contributed by atoms with Crippen LogP contribution in [0.4, 0.5) is 0 Å². The Hall–Kier alpha value is -1.59. The lowest BCUT2D eigenvalue weighted by Gasteiger charge is -1.88. The second kappa shape index (κ2) is 3.42. The largest absolute Gasteiger partial charge is 0.349 e. The number of ether oxygens (including phenoxy) is 1.